The number of hydrogen-bond acceptors (Lipinski definition) is 6. The van der Waals surface area contributed by atoms with Crippen LogP contribution in [0.25, 0.3) is 0 Å². The maximum Gasteiger partial charge on any atom is 0.338 e. The van der Waals surface area contributed by atoms with Gasteiger partial charge in [0, 0.05) is 5.92 Å². The molecule has 0 aliphatic heterocycles. The van der Waals surface area contributed by atoms with Crippen molar-refractivity contribution in [3.8, 4) is 0 Å². The van der Waals surface area contributed by atoms with Crippen LogP contribution in [0.2, 0.25) is 0 Å². The van der Waals surface area contributed by atoms with E-state index in [4.69, 9.17) is 9.47 Å². The minimum Gasteiger partial charge on any atom is -0.462 e. The first-order valence-electron chi connectivity index (χ1n) is 9.54. The van der Waals surface area contributed by atoms with Gasteiger partial charge in [0.25, 0.3) is 0 Å². The summed E-state index contributed by atoms with van der Waals surface area (Å²) in [4.78, 5) is 29.2. The Hall–Kier alpha value is -3.22. The van der Waals surface area contributed by atoms with Gasteiger partial charge >= 0.3 is 11.9 Å². The maximum absolute atomic E-state index is 14.7. The molecule has 0 amide bonds. The van der Waals surface area contributed by atoms with E-state index in [9.17, 15) is 14.0 Å². The molecule has 2 rings (SSSR count). The Morgan fingerprint density at radius 1 is 0.967 bits per heavy atom. The third-order valence-electron chi connectivity index (χ3n) is 4.48. The molecule has 6 nitrogen and oxygen atoms in total. The van der Waals surface area contributed by atoms with E-state index in [1.54, 1.807) is 55.5 Å². The van der Waals surface area contributed by atoms with Crippen molar-refractivity contribution in [1.82, 2.24) is 0 Å². The molecule has 0 N–H and O–H groups in total. The molecule has 0 radical (unpaired) electrons. The molecule has 0 aliphatic carbocycles. The van der Waals surface area contributed by atoms with E-state index < -0.39 is 30.1 Å². The zero-order valence-corrected chi connectivity index (χ0v) is 17.5. The van der Waals surface area contributed by atoms with Crippen LogP contribution in [0.3, 0.4) is 0 Å². The molecular weight excluding hydrogens is 389 g/mol. The number of alkyl halides is 1. The minimum absolute atomic E-state index is 0.139. The lowest BCUT2D eigenvalue weighted by atomic mass is 10.0. The number of rotatable bonds is 9. The molecule has 0 saturated carbocycles. The van der Waals surface area contributed by atoms with Crippen LogP contribution in [-0.4, -0.2) is 44.1 Å². The lowest BCUT2D eigenvalue weighted by Crippen LogP contribution is -2.37. The summed E-state index contributed by atoms with van der Waals surface area (Å²) in [5, 5.41) is 3.42. The molecule has 0 heterocycles. The molecule has 0 aromatic heterocycles. The highest BCUT2D eigenvalue weighted by Gasteiger charge is 2.31. The zero-order chi connectivity index (χ0) is 22.1. The smallest absolute Gasteiger partial charge is 0.338 e. The summed E-state index contributed by atoms with van der Waals surface area (Å²) >= 11 is 0. The number of hydrogen-bond donors (Lipinski definition) is 0. The molecule has 30 heavy (non-hydrogen) atoms. The highest BCUT2D eigenvalue weighted by Crippen LogP contribution is 2.18. The first kappa shape index (κ1) is 23.1. The SMILES string of the molecule is CON=C[C@@H](F)[C@@H](OC(=O)c1ccc(C)cc1)[C@@H](C)COC(=O)c1ccc(C)cc1. The van der Waals surface area contributed by atoms with Gasteiger partial charge in [-0.2, -0.15) is 0 Å². The van der Waals surface area contributed by atoms with E-state index >= 15 is 0 Å². The van der Waals surface area contributed by atoms with Gasteiger partial charge in [-0.1, -0.05) is 47.5 Å². The fourth-order valence-corrected chi connectivity index (χ4v) is 2.66. The summed E-state index contributed by atoms with van der Waals surface area (Å²) in [7, 11) is 1.28. The van der Waals surface area contributed by atoms with Crippen LogP contribution in [0.4, 0.5) is 4.39 Å². The molecule has 0 aliphatic rings. The van der Waals surface area contributed by atoms with Crippen LogP contribution < -0.4 is 0 Å². The number of benzene rings is 2. The second-order valence-corrected chi connectivity index (χ2v) is 7.06. The fraction of sp³-hybridized carbons (Fsp3) is 0.348. The number of nitrogens with zero attached hydrogens (tertiary/aromatic N) is 1. The van der Waals surface area contributed by atoms with Gasteiger partial charge in [-0.25, -0.2) is 14.0 Å². The van der Waals surface area contributed by atoms with Gasteiger partial charge in [0.1, 0.15) is 13.2 Å². The lowest BCUT2D eigenvalue weighted by Gasteiger charge is -2.25. The molecule has 0 bridgehead atoms. The van der Waals surface area contributed by atoms with Crippen molar-refractivity contribution < 1.29 is 28.3 Å². The van der Waals surface area contributed by atoms with Crippen molar-refractivity contribution in [1.29, 1.82) is 0 Å². The van der Waals surface area contributed by atoms with Crippen molar-refractivity contribution >= 4 is 18.2 Å². The van der Waals surface area contributed by atoms with Crippen molar-refractivity contribution in [2.24, 2.45) is 11.1 Å². The van der Waals surface area contributed by atoms with E-state index in [1.165, 1.54) is 7.11 Å². The van der Waals surface area contributed by atoms with E-state index in [0.29, 0.717) is 11.1 Å². The Kier molecular flexibility index (Phi) is 8.53. The molecule has 7 heteroatoms. The average molecular weight is 415 g/mol. The highest BCUT2D eigenvalue weighted by atomic mass is 19.1. The Balaban J connectivity index is 2.07. The van der Waals surface area contributed by atoms with E-state index in [2.05, 4.69) is 9.99 Å². The van der Waals surface area contributed by atoms with Crippen LogP contribution in [-0.2, 0) is 14.3 Å². The van der Waals surface area contributed by atoms with Gasteiger partial charge in [0.15, 0.2) is 6.17 Å². The molecule has 0 spiro atoms. The largest absolute Gasteiger partial charge is 0.462 e. The summed E-state index contributed by atoms with van der Waals surface area (Å²) in [5.74, 6) is -1.84. The second-order valence-electron chi connectivity index (χ2n) is 7.06. The van der Waals surface area contributed by atoms with E-state index in [-0.39, 0.29) is 6.61 Å². The van der Waals surface area contributed by atoms with Crippen LogP contribution >= 0.6 is 0 Å². The Morgan fingerprint density at radius 2 is 1.47 bits per heavy atom. The van der Waals surface area contributed by atoms with Gasteiger partial charge in [-0.3, -0.25) is 0 Å². The Labute approximate surface area is 175 Å². The van der Waals surface area contributed by atoms with Crippen molar-refractivity contribution in [3.63, 3.8) is 0 Å². The number of esters is 2. The van der Waals surface area contributed by atoms with Gasteiger partial charge in [0.2, 0.25) is 0 Å². The van der Waals surface area contributed by atoms with Gasteiger partial charge < -0.3 is 14.3 Å². The maximum atomic E-state index is 14.7. The van der Waals surface area contributed by atoms with Gasteiger partial charge in [0.05, 0.1) is 23.9 Å². The quantitative estimate of drug-likeness (QED) is 0.347. The molecule has 2 aromatic carbocycles. The molecule has 0 saturated heterocycles. The van der Waals surface area contributed by atoms with Crippen LogP contribution in [0.15, 0.2) is 53.7 Å². The third kappa shape index (κ3) is 6.69. The van der Waals surface area contributed by atoms with Crippen molar-refractivity contribution in [2.75, 3.05) is 13.7 Å². The monoisotopic (exact) mass is 415 g/mol. The van der Waals surface area contributed by atoms with E-state index in [1.807, 2.05) is 13.8 Å². The predicted molar refractivity (Wildman–Crippen MR) is 111 cm³/mol. The minimum atomic E-state index is -1.74. The second kappa shape index (κ2) is 11.1. The normalized spacial score (nSPS) is 14.0. The first-order valence-corrected chi connectivity index (χ1v) is 9.54. The Bertz CT molecular complexity index is 864. The molecule has 3 atom stereocenters. The van der Waals surface area contributed by atoms with Gasteiger partial charge in [-0.05, 0) is 38.1 Å². The number of halogens is 1. The van der Waals surface area contributed by atoms with Crippen LogP contribution in [0.5, 0.6) is 0 Å². The topological polar surface area (TPSA) is 74.2 Å². The highest BCUT2D eigenvalue weighted by molar-refractivity contribution is 5.90. The molecular formula is C23H26FNO5. The van der Waals surface area contributed by atoms with E-state index in [0.717, 1.165) is 17.3 Å². The van der Waals surface area contributed by atoms with Crippen molar-refractivity contribution in [3.05, 3.63) is 70.8 Å². The average Bonchev–Trinajstić information content (AvgIpc) is 2.74. The standard InChI is InChI=1S/C23H26FNO5/c1-15-5-9-18(10-6-15)22(26)29-14-17(3)21(20(24)13-25-28-4)30-23(27)19-11-7-16(2)8-12-19/h5-13,17,20-21H,14H2,1-4H3/t17-,20+,21-/m0/s1. The molecule has 160 valence electrons. The summed E-state index contributed by atoms with van der Waals surface area (Å²) in [6, 6.07) is 13.6. The number of aryl methyl sites for hydroxylation is 2. The summed E-state index contributed by atoms with van der Waals surface area (Å²) < 4.78 is 25.4. The summed E-state index contributed by atoms with van der Waals surface area (Å²) in [6.45, 7) is 5.29. The Morgan fingerprint density at radius 3 is 1.97 bits per heavy atom. The number of ether oxygens (including phenoxy) is 2. The summed E-state index contributed by atoms with van der Waals surface area (Å²) in [5.41, 5.74) is 2.68. The molecule has 0 fully saturated rings. The lowest BCUT2D eigenvalue weighted by molar-refractivity contribution is -0.0165. The number of carbonyl (C=O) groups is 2. The van der Waals surface area contributed by atoms with Crippen LogP contribution in [0, 0.1) is 19.8 Å². The summed E-state index contributed by atoms with van der Waals surface area (Å²) in [6.07, 6.45) is -2.05. The third-order valence-corrected chi connectivity index (χ3v) is 4.48. The molecule has 0 unspecified atom stereocenters. The predicted octanol–water partition coefficient (Wildman–Crippen LogP) is 4.29. The number of carbonyl (C=O) groups excluding carboxylic acids is 2. The first-order chi connectivity index (χ1) is 14.3. The number of oxime groups is 1. The van der Waals surface area contributed by atoms with Gasteiger partial charge in [-0.15, -0.1) is 0 Å². The fourth-order valence-electron chi connectivity index (χ4n) is 2.66. The zero-order valence-electron chi connectivity index (χ0n) is 17.5. The van der Waals surface area contributed by atoms with Crippen molar-refractivity contribution in [2.45, 2.75) is 33.0 Å². The molecule has 2 aromatic rings. The van der Waals surface area contributed by atoms with Crippen LogP contribution in [0.1, 0.15) is 38.8 Å².